The van der Waals surface area contributed by atoms with Gasteiger partial charge in [0.25, 0.3) is 0 Å². The Kier molecular flexibility index (Phi) is 1.62. The average molecular weight is 193 g/mol. The summed E-state index contributed by atoms with van der Waals surface area (Å²) in [4.78, 5) is 2.42. The van der Waals surface area contributed by atoms with Gasteiger partial charge in [-0.25, -0.2) is 0 Å². The van der Waals surface area contributed by atoms with Gasteiger partial charge in [-0.15, -0.1) is 0 Å². The molecule has 0 N–H and O–H groups in total. The monoisotopic (exact) mass is 193 g/mol. The summed E-state index contributed by atoms with van der Waals surface area (Å²) in [5.74, 6) is 1.07. The Bertz CT molecular complexity index is 320. The third-order valence-corrected chi connectivity index (χ3v) is 3.40. The molecule has 2 atom stereocenters. The van der Waals surface area contributed by atoms with Crippen LogP contribution >= 0.6 is 11.7 Å². The van der Waals surface area contributed by atoms with Crippen molar-refractivity contribution in [3.05, 3.63) is 18.3 Å². The van der Waals surface area contributed by atoms with Crippen LogP contribution in [-0.2, 0) is 0 Å². The maximum Gasteiger partial charge on any atom is 0.163 e. The molecule has 0 aromatic carbocycles. The Labute approximate surface area is 81.4 Å². The van der Waals surface area contributed by atoms with Crippen LogP contribution in [0.4, 0.5) is 5.82 Å². The highest BCUT2D eigenvalue weighted by molar-refractivity contribution is 6.99. The fourth-order valence-corrected chi connectivity index (χ4v) is 2.77. The number of anilines is 1. The second-order valence-corrected chi connectivity index (χ2v) is 4.19. The van der Waals surface area contributed by atoms with Gasteiger partial charge in [0.1, 0.15) is 0 Å². The fourth-order valence-electron chi connectivity index (χ4n) is 2.36. The van der Waals surface area contributed by atoms with Gasteiger partial charge < -0.3 is 4.90 Å². The molecule has 1 aromatic heterocycles. The van der Waals surface area contributed by atoms with E-state index in [-0.39, 0.29) is 0 Å². The Morgan fingerprint density at radius 2 is 2.46 bits per heavy atom. The quantitative estimate of drug-likeness (QED) is 0.637. The van der Waals surface area contributed by atoms with Gasteiger partial charge in [-0.2, -0.15) is 8.75 Å². The molecule has 2 aliphatic heterocycles. The lowest BCUT2D eigenvalue weighted by Crippen LogP contribution is -2.37. The molecule has 0 radical (unpaired) electrons. The van der Waals surface area contributed by atoms with E-state index in [0.29, 0.717) is 12.1 Å². The summed E-state index contributed by atoms with van der Waals surface area (Å²) in [6.07, 6.45) is 10.2. The van der Waals surface area contributed by atoms with E-state index in [0.717, 1.165) is 5.82 Å². The van der Waals surface area contributed by atoms with Gasteiger partial charge in [0.2, 0.25) is 0 Å². The first-order chi connectivity index (χ1) is 6.45. The van der Waals surface area contributed by atoms with Crippen LogP contribution in [0.2, 0.25) is 0 Å². The van der Waals surface area contributed by atoms with Crippen LogP contribution in [-0.4, -0.2) is 20.8 Å². The van der Waals surface area contributed by atoms with E-state index in [9.17, 15) is 0 Å². The Morgan fingerprint density at radius 1 is 1.46 bits per heavy atom. The molecule has 1 saturated heterocycles. The van der Waals surface area contributed by atoms with Gasteiger partial charge in [0, 0.05) is 12.1 Å². The molecular formula is C9H11N3S. The molecule has 68 valence electrons. The maximum absolute atomic E-state index is 4.30. The van der Waals surface area contributed by atoms with E-state index >= 15 is 0 Å². The lowest BCUT2D eigenvalue weighted by molar-refractivity contribution is 0.643. The summed E-state index contributed by atoms with van der Waals surface area (Å²) in [5.41, 5.74) is 0. The fraction of sp³-hybridized carbons (Fsp3) is 0.556. The molecule has 3 rings (SSSR count). The smallest absolute Gasteiger partial charge is 0.163 e. The molecule has 0 spiro atoms. The molecule has 0 saturated carbocycles. The van der Waals surface area contributed by atoms with E-state index in [1.807, 2.05) is 6.20 Å². The van der Waals surface area contributed by atoms with Crippen LogP contribution in [0.3, 0.4) is 0 Å². The van der Waals surface area contributed by atoms with E-state index in [2.05, 4.69) is 25.8 Å². The van der Waals surface area contributed by atoms with Crippen molar-refractivity contribution in [2.75, 3.05) is 4.90 Å². The van der Waals surface area contributed by atoms with Crippen LogP contribution in [0.25, 0.3) is 0 Å². The highest BCUT2D eigenvalue weighted by atomic mass is 32.1. The largest absolute Gasteiger partial charge is 0.345 e. The third kappa shape index (κ3) is 1.09. The standard InChI is InChI=1S/C9H11N3S/c1-2-7-4-5-8(3-1)12(7)9-6-10-13-11-9/h1-2,6-8H,3-5H2. The zero-order chi connectivity index (χ0) is 8.67. The maximum atomic E-state index is 4.30. The van der Waals surface area contributed by atoms with Crippen molar-refractivity contribution >= 4 is 17.5 Å². The molecule has 2 unspecified atom stereocenters. The molecular weight excluding hydrogens is 182 g/mol. The molecule has 1 aromatic rings. The Hall–Kier alpha value is -0.900. The first kappa shape index (κ1) is 7.50. The number of aromatic nitrogens is 2. The minimum Gasteiger partial charge on any atom is -0.345 e. The van der Waals surface area contributed by atoms with Crippen LogP contribution < -0.4 is 4.90 Å². The normalized spacial score (nSPS) is 31.2. The van der Waals surface area contributed by atoms with E-state index in [1.54, 1.807) is 0 Å². The van der Waals surface area contributed by atoms with Crippen molar-refractivity contribution in [3.63, 3.8) is 0 Å². The van der Waals surface area contributed by atoms with Crippen molar-refractivity contribution in [3.8, 4) is 0 Å². The highest BCUT2D eigenvalue weighted by Gasteiger charge is 2.34. The van der Waals surface area contributed by atoms with E-state index in [4.69, 9.17) is 0 Å². The highest BCUT2D eigenvalue weighted by Crippen LogP contribution is 2.34. The second kappa shape index (κ2) is 2.80. The summed E-state index contributed by atoms with van der Waals surface area (Å²) in [6.45, 7) is 0. The average Bonchev–Trinajstić information content (AvgIpc) is 2.72. The zero-order valence-corrected chi connectivity index (χ0v) is 8.07. The summed E-state index contributed by atoms with van der Waals surface area (Å²) in [5, 5.41) is 0. The van der Waals surface area contributed by atoms with Crippen LogP contribution in [0.5, 0.6) is 0 Å². The first-order valence-corrected chi connectivity index (χ1v) is 5.41. The number of rotatable bonds is 1. The van der Waals surface area contributed by atoms with Crippen molar-refractivity contribution in [1.82, 2.24) is 8.75 Å². The molecule has 3 nitrogen and oxygen atoms in total. The predicted molar refractivity (Wildman–Crippen MR) is 53.0 cm³/mol. The Morgan fingerprint density at radius 3 is 3.23 bits per heavy atom. The number of hydrogen-bond acceptors (Lipinski definition) is 4. The lowest BCUT2D eigenvalue weighted by Gasteiger charge is -2.30. The minimum atomic E-state index is 0.586. The minimum absolute atomic E-state index is 0.586. The molecule has 2 aliphatic rings. The van der Waals surface area contributed by atoms with Gasteiger partial charge in [0.05, 0.1) is 17.9 Å². The second-order valence-electron chi connectivity index (χ2n) is 3.64. The zero-order valence-electron chi connectivity index (χ0n) is 7.26. The SMILES string of the molecule is C1=CC2CCC(C1)N2c1cnsn1. The predicted octanol–water partition coefficient (Wildman–Crippen LogP) is 1.84. The van der Waals surface area contributed by atoms with Gasteiger partial charge in [-0.05, 0) is 19.3 Å². The Balaban J connectivity index is 1.97. The summed E-state index contributed by atoms with van der Waals surface area (Å²) in [7, 11) is 0. The van der Waals surface area contributed by atoms with Crippen molar-refractivity contribution in [1.29, 1.82) is 0 Å². The van der Waals surface area contributed by atoms with Crippen LogP contribution in [0.1, 0.15) is 19.3 Å². The molecule has 4 heteroatoms. The van der Waals surface area contributed by atoms with Crippen LogP contribution in [0, 0.1) is 0 Å². The first-order valence-electron chi connectivity index (χ1n) is 4.68. The van der Waals surface area contributed by atoms with Gasteiger partial charge in [-0.3, -0.25) is 0 Å². The summed E-state index contributed by atoms with van der Waals surface area (Å²) in [6, 6.07) is 1.27. The van der Waals surface area contributed by atoms with Gasteiger partial charge >= 0.3 is 0 Å². The molecule has 2 bridgehead atoms. The summed E-state index contributed by atoms with van der Waals surface area (Å²) < 4.78 is 8.36. The molecule has 1 fully saturated rings. The number of fused-ring (bicyclic) bond motifs is 2. The van der Waals surface area contributed by atoms with E-state index < -0.39 is 0 Å². The topological polar surface area (TPSA) is 29.0 Å². The number of hydrogen-bond donors (Lipinski definition) is 0. The van der Waals surface area contributed by atoms with Gasteiger partial charge in [0.15, 0.2) is 5.82 Å². The number of nitrogens with zero attached hydrogens (tertiary/aromatic N) is 3. The summed E-state index contributed by atoms with van der Waals surface area (Å²) >= 11 is 1.30. The van der Waals surface area contributed by atoms with Crippen molar-refractivity contribution < 1.29 is 0 Å². The third-order valence-electron chi connectivity index (χ3n) is 2.93. The van der Waals surface area contributed by atoms with Crippen LogP contribution in [0.15, 0.2) is 18.3 Å². The van der Waals surface area contributed by atoms with Crippen molar-refractivity contribution in [2.45, 2.75) is 31.3 Å². The van der Waals surface area contributed by atoms with Gasteiger partial charge in [-0.1, -0.05) is 12.2 Å². The molecule has 0 aliphatic carbocycles. The van der Waals surface area contributed by atoms with E-state index in [1.165, 1.54) is 31.0 Å². The van der Waals surface area contributed by atoms with Crippen molar-refractivity contribution in [2.24, 2.45) is 0 Å². The lowest BCUT2D eigenvalue weighted by atomic mass is 10.1. The molecule has 13 heavy (non-hydrogen) atoms. The molecule has 0 amide bonds. The molecule has 3 heterocycles.